The predicted molar refractivity (Wildman–Crippen MR) is 94.8 cm³/mol. The fourth-order valence-electron chi connectivity index (χ4n) is 2.10. The maximum Gasteiger partial charge on any atom is 0.240 e. The lowest BCUT2D eigenvalue weighted by atomic mass is 10.0. The van der Waals surface area contributed by atoms with E-state index in [0.29, 0.717) is 10.3 Å². The zero-order valence-corrected chi connectivity index (χ0v) is 15.6. The zero-order chi connectivity index (χ0) is 17.0. The average Bonchev–Trinajstić information content (AvgIpc) is 2.94. The quantitative estimate of drug-likeness (QED) is 0.791. The largest absolute Gasteiger partial charge is 0.375 e. The Balaban J connectivity index is 2.08. The summed E-state index contributed by atoms with van der Waals surface area (Å²) in [6.07, 6.45) is -0.364. The van der Waals surface area contributed by atoms with E-state index in [4.69, 9.17) is 16.3 Å². The Morgan fingerprint density at radius 3 is 2.30 bits per heavy atom. The molecule has 2 rings (SSSR count). The first-order valence-electron chi connectivity index (χ1n) is 7.21. The second kappa shape index (κ2) is 7.77. The summed E-state index contributed by atoms with van der Waals surface area (Å²) in [5, 5.41) is 0. The lowest BCUT2D eigenvalue weighted by molar-refractivity contribution is 0.110. The normalized spacial score (nSPS) is 13.4. The van der Waals surface area contributed by atoms with Crippen molar-refractivity contribution in [3.8, 4) is 0 Å². The standard InChI is InChI=1S/C16H20ClNO3S2/c1-11(2)12-4-6-13(7-5-12)23(19,20)18-10-14(21-3)15-8-9-16(17)22-15/h4-9,11,14,18H,10H2,1-3H3. The fourth-order valence-corrected chi connectivity index (χ4v) is 4.27. The predicted octanol–water partition coefficient (Wildman–Crippen LogP) is 4.19. The van der Waals surface area contributed by atoms with E-state index < -0.39 is 10.0 Å². The number of sulfonamides is 1. The summed E-state index contributed by atoms with van der Waals surface area (Å²) < 4.78 is 33.4. The highest BCUT2D eigenvalue weighted by Gasteiger charge is 2.19. The maximum absolute atomic E-state index is 12.4. The van der Waals surface area contributed by atoms with Crippen molar-refractivity contribution in [3.63, 3.8) is 0 Å². The molecule has 0 saturated carbocycles. The summed E-state index contributed by atoms with van der Waals surface area (Å²) in [4.78, 5) is 1.14. The molecule has 1 heterocycles. The molecule has 7 heteroatoms. The van der Waals surface area contributed by atoms with Crippen LogP contribution in [-0.2, 0) is 14.8 Å². The van der Waals surface area contributed by atoms with E-state index in [1.54, 1.807) is 25.3 Å². The molecule has 0 amide bonds. The van der Waals surface area contributed by atoms with Gasteiger partial charge in [0.1, 0.15) is 6.10 Å². The van der Waals surface area contributed by atoms with Crippen LogP contribution in [0, 0.1) is 0 Å². The van der Waals surface area contributed by atoms with Crippen LogP contribution < -0.4 is 4.72 Å². The molecule has 0 spiro atoms. The van der Waals surface area contributed by atoms with E-state index in [0.717, 1.165) is 10.4 Å². The maximum atomic E-state index is 12.4. The van der Waals surface area contributed by atoms with Crippen molar-refractivity contribution in [2.45, 2.75) is 30.8 Å². The number of benzene rings is 1. The minimum absolute atomic E-state index is 0.154. The zero-order valence-electron chi connectivity index (χ0n) is 13.2. The van der Waals surface area contributed by atoms with Crippen LogP contribution in [-0.4, -0.2) is 22.1 Å². The van der Waals surface area contributed by atoms with Crippen molar-refractivity contribution in [2.75, 3.05) is 13.7 Å². The molecule has 0 aliphatic carbocycles. The van der Waals surface area contributed by atoms with Gasteiger partial charge in [0.15, 0.2) is 0 Å². The third-order valence-corrected chi connectivity index (χ3v) is 6.27. The van der Waals surface area contributed by atoms with Crippen molar-refractivity contribution < 1.29 is 13.2 Å². The molecule has 1 aromatic heterocycles. The van der Waals surface area contributed by atoms with E-state index in [1.165, 1.54) is 11.3 Å². The van der Waals surface area contributed by atoms with Crippen molar-refractivity contribution in [1.29, 1.82) is 0 Å². The van der Waals surface area contributed by atoms with Gasteiger partial charge in [0, 0.05) is 18.5 Å². The van der Waals surface area contributed by atoms with Crippen LogP contribution in [0.2, 0.25) is 4.34 Å². The first-order valence-corrected chi connectivity index (χ1v) is 9.89. The number of hydrogen-bond acceptors (Lipinski definition) is 4. The fraction of sp³-hybridized carbons (Fsp3) is 0.375. The number of methoxy groups -OCH3 is 1. The SMILES string of the molecule is COC(CNS(=O)(=O)c1ccc(C(C)C)cc1)c1ccc(Cl)s1. The number of nitrogens with one attached hydrogen (secondary N) is 1. The van der Waals surface area contributed by atoms with Gasteiger partial charge >= 0.3 is 0 Å². The molecule has 0 bridgehead atoms. The summed E-state index contributed by atoms with van der Waals surface area (Å²) >= 11 is 7.29. The van der Waals surface area contributed by atoms with Crippen molar-refractivity contribution in [2.24, 2.45) is 0 Å². The number of rotatable bonds is 7. The van der Waals surface area contributed by atoms with Gasteiger partial charge < -0.3 is 4.74 Å². The number of halogens is 1. The van der Waals surface area contributed by atoms with Gasteiger partial charge in [-0.15, -0.1) is 11.3 Å². The summed E-state index contributed by atoms with van der Waals surface area (Å²) in [7, 11) is -2.02. The average molecular weight is 374 g/mol. The molecule has 0 fully saturated rings. The van der Waals surface area contributed by atoms with Crippen LogP contribution >= 0.6 is 22.9 Å². The summed E-state index contributed by atoms with van der Waals surface area (Å²) in [6.45, 7) is 4.29. The van der Waals surface area contributed by atoms with Crippen molar-refractivity contribution in [1.82, 2.24) is 4.72 Å². The molecule has 0 saturated heterocycles. The molecule has 1 aromatic carbocycles. The third-order valence-electron chi connectivity index (χ3n) is 3.51. The molecule has 4 nitrogen and oxygen atoms in total. The topological polar surface area (TPSA) is 55.4 Å². The van der Waals surface area contributed by atoms with E-state index in [2.05, 4.69) is 18.6 Å². The molecule has 23 heavy (non-hydrogen) atoms. The first kappa shape index (κ1) is 18.4. The summed E-state index contributed by atoms with van der Waals surface area (Å²) in [5.41, 5.74) is 1.10. The van der Waals surface area contributed by atoms with Crippen LogP contribution in [0.4, 0.5) is 0 Å². The Morgan fingerprint density at radius 1 is 1.17 bits per heavy atom. The lowest BCUT2D eigenvalue weighted by Crippen LogP contribution is -2.29. The van der Waals surface area contributed by atoms with Gasteiger partial charge in [-0.3, -0.25) is 0 Å². The third kappa shape index (κ3) is 4.78. The Bertz CT molecular complexity index is 739. The highest BCUT2D eigenvalue weighted by Crippen LogP contribution is 2.28. The molecule has 1 atom stereocenters. The Hall–Kier alpha value is -0.920. The number of hydrogen-bond donors (Lipinski definition) is 1. The first-order chi connectivity index (χ1) is 10.8. The Labute approximate surface area is 146 Å². The molecule has 0 aliphatic rings. The highest BCUT2D eigenvalue weighted by atomic mass is 35.5. The van der Waals surface area contributed by atoms with Gasteiger partial charge in [-0.1, -0.05) is 37.6 Å². The minimum Gasteiger partial charge on any atom is -0.375 e. The van der Waals surface area contributed by atoms with E-state index in [9.17, 15) is 8.42 Å². The molecule has 1 unspecified atom stereocenters. The second-order valence-corrected chi connectivity index (χ2v) is 8.96. The molecular formula is C16H20ClNO3S2. The smallest absolute Gasteiger partial charge is 0.240 e. The van der Waals surface area contributed by atoms with Crippen LogP contribution in [0.15, 0.2) is 41.3 Å². The minimum atomic E-state index is -3.57. The molecule has 0 radical (unpaired) electrons. The summed E-state index contributed by atoms with van der Waals surface area (Å²) in [6, 6.07) is 10.5. The van der Waals surface area contributed by atoms with Crippen LogP contribution in [0.25, 0.3) is 0 Å². The van der Waals surface area contributed by atoms with Gasteiger partial charge in [-0.2, -0.15) is 0 Å². The molecule has 0 aliphatic heterocycles. The molecule has 2 aromatic rings. The lowest BCUT2D eigenvalue weighted by Gasteiger charge is -2.15. The van der Waals surface area contributed by atoms with Gasteiger partial charge in [0.05, 0.1) is 9.23 Å². The van der Waals surface area contributed by atoms with Crippen molar-refractivity contribution in [3.05, 3.63) is 51.2 Å². The highest BCUT2D eigenvalue weighted by molar-refractivity contribution is 7.89. The van der Waals surface area contributed by atoms with Gasteiger partial charge in [0.2, 0.25) is 10.0 Å². The Morgan fingerprint density at radius 2 is 1.83 bits per heavy atom. The molecular weight excluding hydrogens is 354 g/mol. The van der Waals surface area contributed by atoms with Crippen LogP contribution in [0.5, 0.6) is 0 Å². The van der Waals surface area contributed by atoms with E-state index in [1.807, 2.05) is 18.2 Å². The van der Waals surface area contributed by atoms with Gasteiger partial charge in [-0.25, -0.2) is 13.1 Å². The van der Waals surface area contributed by atoms with Gasteiger partial charge in [-0.05, 0) is 35.7 Å². The van der Waals surface area contributed by atoms with Gasteiger partial charge in [0.25, 0.3) is 0 Å². The van der Waals surface area contributed by atoms with E-state index >= 15 is 0 Å². The Kier molecular flexibility index (Phi) is 6.22. The monoisotopic (exact) mass is 373 g/mol. The number of ether oxygens (including phenoxy) is 1. The molecule has 1 N–H and O–H groups in total. The van der Waals surface area contributed by atoms with Crippen LogP contribution in [0.3, 0.4) is 0 Å². The molecule has 126 valence electrons. The van der Waals surface area contributed by atoms with E-state index in [-0.39, 0.29) is 17.5 Å². The second-order valence-electron chi connectivity index (χ2n) is 5.44. The summed E-state index contributed by atoms with van der Waals surface area (Å²) in [5.74, 6) is 0.362. The van der Waals surface area contributed by atoms with Crippen molar-refractivity contribution >= 4 is 33.0 Å². The van der Waals surface area contributed by atoms with Crippen LogP contribution in [0.1, 0.15) is 36.3 Å². The number of thiophene rings is 1.